The second-order valence-electron chi connectivity index (χ2n) is 7.72. The first-order valence-corrected chi connectivity index (χ1v) is 12.1. The summed E-state index contributed by atoms with van der Waals surface area (Å²) in [5, 5.41) is -0.454. The molecule has 0 unspecified atom stereocenters. The molecule has 0 bridgehead atoms. The highest BCUT2D eigenvalue weighted by Crippen LogP contribution is 2.35. The zero-order chi connectivity index (χ0) is 23.4. The van der Waals surface area contributed by atoms with Gasteiger partial charge in [-0.3, -0.25) is 19.3 Å². The maximum absolute atomic E-state index is 12.9. The van der Waals surface area contributed by atoms with Gasteiger partial charge < -0.3 is 14.4 Å². The van der Waals surface area contributed by atoms with Crippen molar-refractivity contribution in [3.8, 4) is 5.75 Å². The van der Waals surface area contributed by atoms with Crippen LogP contribution in [0.1, 0.15) is 16.7 Å². The first-order chi connectivity index (χ1) is 15.9. The van der Waals surface area contributed by atoms with Crippen LogP contribution in [0, 0.1) is 6.92 Å². The van der Waals surface area contributed by atoms with Crippen LogP contribution in [0.25, 0.3) is 6.08 Å². The number of halogens is 1. The fourth-order valence-electron chi connectivity index (χ4n) is 3.55. The van der Waals surface area contributed by atoms with Crippen molar-refractivity contribution in [2.24, 2.45) is 0 Å². The van der Waals surface area contributed by atoms with Gasteiger partial charge in [0.25, 0.3) is 11.1 Å². The largest absolute Gasteiger partial charge is 0.488 e. The lowest BCUT2D eigenvalue weighted by Gasteiger charge is -2.28. The smallest absolute Gasteiger partial charge is 0.294 e. The Labute approximate surface area is 204 Å². The molecule has 2 heterocycles. The highest BCUT2D eigenvalue weighted by molar-refractivity contribution is 9.10. The summed E-state index contributed by atoms with van der Waals surface area (Å²) in [5.41, 5.74) is 2.85. The van der Waals surface area contributed by atoms with Gasteiger partial charge in [0.1, 0.15) is 18.9 Å². The van der Waals surface area contributed by atoms with Gasteiger partial charge in [0.2, 0.25) is 5.91 Å². The molecule has 9 heteroatoms. The van der Waals surface area contributed by atoms with Crippen LogP contribution in [0.4, 0.5) is 4.79 Å². The average molecular weight is 531 g/mol. The van der Waals surface area contributed by atoms with E-state index in [1.54, 1.807) is 11.0 Å². The number of nitrogens with zero attached hydrogens (tertiary/aromatic N) is 2. The quantitative estimate of drug-likeness (QED) is 0.520. The lowest BCUT2D eigenvalue weighted by atomic mass is 10.1. The molecule has 2 aromatic carbocycles. The Kier molecular flexibility index (Phi) is 7.52. The molecule has 7 nitrogen and oxygen atoms in total. The Morgan fingerprint density at radius 2 is 1.97 bits per heavy atom. The van der Waals surface area contributed by atoms with E-state index in [1.807, 2.05) is 43.3 Å². The zero-order valence-electron chi connectivity index (χ0n) is 18.1. The normalized spacial score (nSPS) is 17.7. The summed E-state index contributed by atoms with van der Waals surface area (Å²) >= 11 is 4.28. The number of benzene rings is 2. The molecule has 4 rings (SSSR count). The number of aryl methyl sites for hydroxylation is 1. The highest BCUT2D eigenvalue weighted by atomic mass is 79.9. The predicted molar refractivity (Wildman–Crippen MR) is 130 cm³/mol. The van der Waals surface area contributed by atoms with Crippen LogP contribution in [0.15, 0.2) is 51.8 Å². The number of carbonyl (C=O) groups excluding carboxylic acids is 3. The van der Waals surface area contributed by atoms with Gasteiger partial charge in [-0.05, 0) is 48.5 Å². The number of ether oxygens (including phenoxy) is 2. The standard InChI is InChI=1S/C24H23BrN2O5S/c1-16-3-2-4-17(11-16)15-32-20-6-5-19(25)12-18(20)13-21-23(29)27(24(30)33-21)14-22(28)26-7-9-31-10-8-26/h2-6,11-13H,7-10,14-15H2,1H3/b21-13+. The number of imide groups is 1. The van der Waals surface area contributed by atoms with E-state index in [-0.39, 0.29) is 17.4 Å². The number of carbonyl (C=O) groups is 3. The summed E-state index contributed by atoms with van der Waals surface area (Å²) in [6.45, 7) is 3.98. The maximum Gasteiger partial charge on any atom is 0.294 e. The third-order valence-corrected chi connectivity index (χ3v) is 6.67. The second-order valence-corrected chi connectivity index (χ2v) is 9.63. The van der Waals surface area contributed by atoms with E-state index in [0.717, 1.165) is 32.3 Å². The molecule has 0 saturated carbocycles. The molecule has 3 amide bonds. The summed E-state index contributed by atoms with van der Waals surface area (Å²) < 4.78 is 12.1. The van der Waals surface area contributed by atoms with E-state index >= 15 is 0 Å². The molecular formula is C24H23BrN2O5S. The predicted octanol–water partition coefficient (Wildman–Crippen LogP) is 4.23. The summed E-state index contributed by atoms with van der Waals surface area (Å²) in [6.07, 6.45) is 1.64. The van der Waals surface area contributed by atoms with Crippen LogP contribution in [-0.2, 0) is 20.9 Å². The van der Waals surface area contributed by atoms with Crippen LogP contribution in [0.2, 0.25) is 0 Å². The van der Waals surface area contributed by atoms with Gasteiger partial charge in [0, 0.05) is 23.1 Å². The van der Waals surface area contributed by atoms with Gasteiger partial charge >= 0.3 is 0 Å². The van der Waals surface area contributed by atoms with E-state index in [2.05, 4.69) is 22.0 Å². The molecule has 2 saturated heterocycles. The molecule has 2 fully saturated rings. The Hall–Kier alpha value is -2.62. The van der Waals surface area contributed by atoms with Crippen LogP contribution in [0.5, 0.6) is 5.75 Å². The number of thioether (sulfide) groups is 1. The molecule has 0 radical (unpaired) electrons. The van der Waals surface area contributed by atoms with E-state index in [1.165, 1.54) is 0 Å². The second kappa shape index (κ2) is 10.5. The fraction of sp³-hybridized carbons (Fsp3) is 0.292. The van der Waals surface area contributed by atoms with Gasteiger partial charge in [-0.25, -0.2) is 0 Å². The molecular weight excluding hydrogens is 508 g/mol. The first-order valence-electron chi connectivity index (χ1n) is 10.5. The van der Waals surface area contributed by atoms with Crippen LogP contribution >= 0.6 is 27.7 Å². The fourth-order valence-corrected chi connectivity index (χ4v) is 4.76. The maximum atomic E-state index is 12.9. The first kappa shape index (κ1) is 23.5. The third-order valence-electron chi connectivity index (χ3n) is 5.27. The highest BCUT2D eigenvalue weighted by Gasteiger charge is 2.37. The van der Waals surface area contributed by atoms with Crippen LogP contribution < -0.4 is 4.74 Å². The van der Waals surface area contributed by atoms with Crippen molar-refractivity contribution in [3.63, 3.8) is 0 Å². The SMILES string of the molecule is Cc1cccc(COc2ccc(Br)cc2/C=C2/SC(=O)N(CC(=O)N3CCOCC3)C2=O)c1. The van der Waals surface area contributed by atoms with E-state index in [4.69, 9.17) is 9.47 Å². The summed E-state index contributed by atoms with van der Waals surface area (Å²) in [4.78, 5) is 40.8. The minimum Gasteiger partial charge on any atom is -0.488 e. The number of morpholine rings is 1. The minimum absolute atomic E-state index is 0.258. The van der Waals surface area contributed by atoms with Crippen LogP contribution in [-0.4, -0.2) is 59.7 Å². The lowest BCUT2D eigenvalue weighted by Crippen LogP contribution is -2.46. The van der Waals surface area contributed by atoms with Gasteiger partial charge in [-0.2, -0.15) is 0 Å². The van der Waals surface area contributed by atoms with Gasteiger partial charge in [-0.15, -0.1) is 0 Å². The molecule has 0 spiro atoms. The zero-order valence-corrected chi connectivity index (χ0v) is 20.5. The Bertz CT molecular complexity index is 1110. The number of hydrogen-bond acceptors (Lipinski definition) is 6. The Morgan fingerprint density at radius 1 is 1.18 bits per heavy atom. The molecule has 33 heavy (non-hydrogen) atoms. The molecule has 172 valence electrons. The molecule has 2 aliphatic rings. The van der Waals surface area contributed by atoms with Gasteiger partial charge in [-0.1, -0.05) is 45.8 Å². The average Bonchev–Trinajstić information content (AvgIpc) is 3.06. The number of hydrogen-bond donors (Lipinski definition) is 0. The Balaban J connectivity index is 1.49. The van der Waals surface area contributed by atoms with Crippen molar-refractivity contribution in [2.45, 2.75) is 13.5 Å². The lowest BCUT2D eigenvalue weighted by molar-refractivity contribution is -0.139. The van der Waals surface area contributed by atoms with Crippen LogP contribution in [0.3, 0.4) is 0 Å². The number of rotatable bonds is 6. The molecule has 2 aliphatic heterocycles. The summed E-state index contributed by atoms with van der Waals surface area (Å²) in [5.74, 6) is -0.140. The van der Waals surface area contributed by atoms with Crippen molar-refractivity contribution in [1.29, 1.82) is 0 Å². The monoisotopic (exact) mass is 530 g/mol. The molecule has 0 N–H and O–H groups in total. The van der Waals surface area contributed by atoms with Crippen molar-refractivity contribution in [3.05, 3.63) is 68.5 Å². The van der Waals surface area contributed by atoms with E-state index in [0.29, 0.717) is 44.2 Å². The van der Waals surface area contributed by atoms with Crippen molar-refractivity contribution < 1.29 is 23.9 Å². The van der Waals surface area contributed by atoms with E-state index in [9.17, 15) is 14.4 Å². The topological polar surface area (TPSA) is 76.2 Å². The van der Waals surface area contributed by atoms with Crippen molar-refractivity contribution in [2.75, 3.05) is 32.8 Å². The molecule has 0 atom stereocenters. The van der Waals surface area contributed by atoms with Gasteiger partial charge in [0.05, 0.1) is 18.1 Å². The van der Waals surface area contributed by atoms with E-state index < -0.39 is 11.1 Å². The summed E-state index contributed by atoms with van der Waals surface area (Å²) in [7, 11) is 0. The number of amides is 3. The molecule has 2 aromatic rings. The van der Waals surface area contributed by atoms with Crippen molar-refractivity contribution >= 4 is 50.8 Å². The van der Waals surface area contributed by atoms with Crippen molar-refractivity contribution in [1.82, 2.24) is 9.80 Å². The molecule has 0 aliphatic carbocycles. The van der Waals surface area contributed by atoms with Gasteiger partial charge in [0.15, 0.2) is 0 Å². The Morgan fingerprint density at radius 3 is 2.73 bits per heavy atom. The minimum atomic E-state index is -0.476. The summed E-state index contributed by atoms with van der Waals surface area (Å²) in [6, 6.07) is 13.5. The third kappa shape index (κ3) is 5.85. The molecule has 0 aromatic heterocycles.